The topological polar surface area (TPSA) is 37.3 Å². The number of carboxylic acid groups (broad SMARTS) is 1. The average molecular weight is 262 g/mol. The zero-order chi connectivity index (χ0) is 10.9. The van der Waals surface area contributed by atoms with E-state index < -0.39 is 24.0 Å². The van der Waals surface area contributed by atoms with Crippen molar-refractivity contribution in [2.75, 3.05) is 0 Å². The molecule has 0 spiro atoms. The van der Waals surface area contributed by atoms with Crippen molar-refractivity contribution in [1.82, 2.24) is 0 Å². The molecule has 0 aliphatic rings. The molecule has 0 amide bonds. The fourth-order valence-corrected chi connectivity index (χ4v) is 1.11. The second-order valence-electron chi connectivity index (χ2n) is 2.62. The quantitative estimate of drug-likeness (QED) is 0.701. The summed E-state index contributed by atoms with van der Waals surface area (Å²) < 4.78 is 36.6. The molecule has 0 radical (unpaired) electrons. The first-order valence-corrected chi connectivity index (χ1v) is 3.93. The van der Waals surface area contributed by atoms with Crippen molar-refractivity contribution >= 4 is 30.0 Å². The minimum atomic E-state index is -5.19. The molecule has 0 atom stereocenters. The molecule has 0 aliphatic heterocycles. The van der Waals surface area contributed by atoms with Crippen LogP contribution in [0.4, 0.5) is 12.9 Å². The summed E-state index contributed by atoms with van der Waals surface area (Å²) in [5.41, 5.74) is -1.50. The number of carbonyl (C=O) groups is 1. The smallest absolute Gasteiger partial charge is 0.478 e. The van der Waals surface area contributed by atoms with Crippen LogP contribution < -0.4 is 56.8 Å². The van der Waals surface area contributed by atoms with E-state index in [1.165, 1.54) is 0 Å². The largest absolute Gasteiger partial charge is 1.00 e. The minimum Gasteiger partial charge on any atom is -0.478 e. The number of halogens is 4. The van der Waals surface area contributed by atoms with E-state index in [9.17, 15) is 17.7 Å². The summed E-state index contributed by atoms with van der Waals surface area (Å²) >= 11 is 5.40. The van der Waals surface area contributed by atoms with Crippen LogP contribution in [0.25, 0.3) is 0 Å². The summed E-state index contributed by atoms with van der Waals surface area (Å²) in [6.07, 6.45) is 0. The van der Waals surface area contributed by atoms with E-state index in [-0.39, 0.29) is 56.4 Å². The first-order chi connectivity index (χ1) is 6.32. The summed E-state index contributed by atoms with van der Waals surface area (Å²) in [7, 11) is 0. The summed E-state index contributed by atoms with van der Waals surface area (Å²) in [6.45, 7) is -5.19. The fourth-order valence-electron chi connectivity index (χ4n) is 0.910. The SMILES string of the molecule is O=C(O)c1cc([B-](F)(F)F)ccc1Cl.[K+]. The van der Waals surface area contributed by atoms with E-state index >= 15 is 0 Å². The van der Waals surface area contributed by atoms with Gasteiger partial charge in [0, 0.05) is 0 Å². The van der Waals surface area contributed by atoms with Crippen molar-refractivity contribution in [3.8, 4) is 0 Å². The van der Waals surface area contributed by atoms with E-state index in [0.29, 0.717) is 6.07 Å². The Morgan fingerprint density at radius 1 is 1.33 bits per heavy atom. The van der Waals surface area contributed by atoms with Crippen LogP contribution in [-0.2, 0) is 0 Å². The molecule has 1 aromatic carbocycles. The van der Waals surface area contributed by atoms with Gasteiger partial charge in [-0.2, -0.15) is 0 Å². The van der Waals surface area contributed by atoms with Crippen LogP contribution in [0, 0.1) is 0 Å². The van der Waals surface area contributed by atoms with E-state index in [2.05, 4.69) is 0 Å². The van der Waals surface area contributed by atoms with Gasteiger partial charge in [0.15, 0.2) is 0 Å². The van der Waals surface area contributed by atoms with Crippen molar-refractivity contribution in [1.29, 1.82) is 0 Å². The van der Waals surface area contributed by atoms with Gasteiger partial charge in [-0.1, -0.05) is 23.7 Å². The van der Waals surface area contributed by atoms with Crippen LogP contribution in [0.3, 0.4) is 0 Å². The molecule has 0 saturated heterocycles. The summed E-state index contributed by atoms with van der Waals surface area (Å²) in [5.74, 6) is -1.48. The number of aromatic carboxylic acids is 1. The molecule has 0 aromatic heterocycles. The van der Waals surface area contributed by atoms with E-state index in [0.717, 1.165) is 12.1 Å². The molecule has 8 heteroatoms. The van der Waals surface area contributed by atoms with Gasteiger partial charge in [0.1, 0.15) is 0 Å². The molecule has 1 aromatic rings. The van der Waals surface area contributed by atoms with Gasteiger partial charge in [-0.15, -0.1) is 5.46 Å². The summed E-state index contributed by atoms with van der Waals surface area (Å²) in [4.78, 5) is 10.5. The molecule has 76 valence electrons. The van der Waals surface area contributed by atoms with Crippen LogP contribution in [0.15, 0.2) is 18.2 Å². The minimum absolute atomic E-state index is 0. The van der Waals surface area contributed by atoms with Crippen molar-refractivity contribution in [3.63, 3.8) is 0 Å². The van der Waals surface area contributed by atoms with Gasteiger partial charge < -0.3 is 18.1 Å². The van der Waals surface area contributed by atoms with Gasteiger partial charge in [-0.3, -0.25) is 0 Å². The Hall–Kier alpha value is 0.471. The van der Waals surface area contributed by atoms with Crippen molar-refractivity contribution in [3.05, 3.63) is 28.8 Å². The molecule has 0 bridgehead atoms. The summed E-state index contributed by atoms with van der Waals surface area (Å²) in [6, 6.07) is 2.22. The Morgan fingerprint density at radius 3 is 2.27 bits per heavy atom. The van der Waals surface area contributed by atoms with Gasteiger partial charge in [-0.25, -0.2) is 4.79 Å². The van der Waals surface area contributed by atoms with Crippen molar-refractivity contribution in [2.45, 2.75) is 0 Å². The Bertz CT molecular complexity index is 383. The van der Waals surface area contributed by atoms with Gasteiger partial charge in [0.25, 0.3) is 0 Å². The molecule has 2 nitrogen and oxygen atoms in total. The van der Waals surface area contributed by atoms with Crippen LogP contribution in [-0.4, -0.2) is 18.1 Å². The predicted molar refractivity (Wildman–Crippen MR) is 47.1 cm³/mol. The fraction of sp³-hybridized carbons (Fsp3) is 0. The molecular formula is C7H4BClF3KO2. The second-order valence-corrected chi connectivity index (χ2v) is 3.03. The molecule has 1 N–H and O–H groups in total. The van der Waals surface area contributed by atoms with E-state index in [4.69, 9.17) is 16.7 Å². The number of rotatable bonds is 2. The van der Waals surface area contributed by atoms with Gasteiger partial charge in [-0.05, 0) is 6.07 Å². The van der Waals surface area contributed by atoms with Crippen molar-refractivity contribution in [2.24, 2.45) is 0 Å². The van der Waals surface area contributed by atoms with Gasteiger partial charge >= 0.3 is 64.3 Å². The van der Waals surface area contributed by atoms with Crippen LogP contribution >= 0.6 is 11.6 Å². The van der Waals surface area contributed by atoms with Gasteiger partial charge in [0.2, 0.25) is 0 Å². The third-order valence-electron chi connectivity index (χ3n) is 1.60. The molecule has 1 rings (SSSR count). The maximum Gasteiger partial charge on any atom is 1.00 e. The molecule has 0 fully saturated rings. The van der Waals surface area contributed by atoms with Crippen LogP contribution in [0.5, 0.6) is 0 Å². The third-order valence-corrected chi connectivity index (χ3v) is 1.93. The van der Waals surface area contributed by atoms with Crippen molar-refractivity contribution < 1.29 is 74.2 Å². The maximum atomic E-state index is 12.2. The molecule has 15 heavy (non-hydrogen) atoms. The Morgan fingerprint density at radius 2 is 1.87 bits per heavy atom. The normalized spacial score (nSPS) is 10.7. The number of carboxylic acids is 1. The van der Waals surface area contributed by atoms with E-state index in [1.807, 2.05) is 0 Å². The monoisotopic (exact) mass is 262 g/mol. The number of hydrogen-bond donors (Lipinski definition) is 1. The van der Waals surface area contributed by atoms with Crippen LogP contribution in [0.1, 0.15) is 10.4 Å². The average Bonchev–Trinajstić information content (AvgIpc) is 2.02. The molecule has 0 saturated carbocycles. The zero-order valence-electron chi connectivity index (χ0n) is 7.68. The number of benzene rings is 1. The first-order valence-electron chi connectivity index (χ1n) is 3.55. The maximum absolute atomic E-state index is 12.2. The number of hydrogen-bond acceptors (Lipinski definition) is 1. The molecule has 0 unspecified atom stereocenters. The van der Waals surface area contributed by atoms with Gasteiger partial charge in [0.05, 0.1) is 10.6 Å². The molecule has 0 aliphatic carbocycles. The summed E-state index contributed by atoms with van der Waals surface area (Å²) in [5, 5.41) is 8.30. The van der Waals surface area contributed by atoms with E-state index in [1.54, 1.807) is 0 Å². The Balaban J connectivity index is 0.00000196. The third kappa shape index (κ3) is 4.09. The Labute approximate surface area is 131 Å². The predicted octanol–water partition coefficient (Wildman–Crippen LogP) is -0.903. The second kappa shape index (κ2) is 5.70. The molecular weight excluding hydrogens is 258 g/mol. The Kier molecular flexibility index (Phi) is 5.88. The molecule has 0 heterocycles. The first kappa shape index (κ1) is 15.5. The van der Waals surface area contributed by atoms with Crippen LogP contribution in [0.2, 0.25) is 5.02 Å². The zero-order valence-corrected chi connectivity index (χ0v) is 11.6. The standard InChI is InChI=1S/C7H4BClF3O2.K/c9-6-2-1-4(8(10,11)12)3-5(6)7(13)14;/h1-3H,(H,13,14);/q-1;+1.